The molecule has 1 saturated carbocycles. The van der Waals surface area contributed by atoms with Gasteiger partial charge in [-0.1, -0.05) is 6.07 Å². The van der Waals surface area contributed by atoms with Crippen LogP contribution in [0.25, 0.3) is 0 Å². The second-order valence-electron chi connectivity index (χ2n) is 4.28. The molecule has 2 rings (SSSR count). The van der Waals surface area contributed by atoms with Crippen LogP contribution in [0.3, 0.4) is 0 Å². The van der Waals surface area contributed by atoms with Crippen molar-refractivity contribution in [2.24, 2.45) is 0 Å². The number of hydrogen-bond acceptors (Lipinski definition) is 3. The average Bonchev–Trinajstić information content (AvgIpc) is 2.66. The molecule has 3 nitrogen and oxygen atoms in total. The van der Waals surface area contributed by atoms with Crippen LogP contribution in [0.2, 0.25) is 0 Å². The van der Waals surface area contributed by atoms with Gasteiger partial charge in [-0.3, -0.25) is 4.98 Å². The quantitative estimate of drug-likeness (QED) is 0.790. The van der Waals surface area contributed by atoms with Crippen molar-refractivity contribution in [2.45, 2.75) is 44.4 Å². The Morgan fingerprint density at radius 2 is 2.40 bits per heavy atom. The maximum atomic E-state index is 9.71. The minimum Gasteiger partial charge on any atom is -0.392 e. The molecule has 0 aliphatic heterocycles. The molecule has 0 aromatic carbocycles. The Morgan fingerprint density at radius 3 is 3.00 bits per heavy atom. The Labute approximate surface area is 90.5 Å². The molecule has 82 valence electrons. The fraction of sp³-hybridized carbons (Fsp3) is 0.583. The molecule has 2 unspecified atom stereocenters. The van der Waals surface area contributed by atoms with Gasteiger partial charge in [-0.2, -0.15) is 0 Å². The molecule has 15 heavy (non-hydrogen) atoms. The highest BCUT2D eigenvalue weighted by atomic mass is 16.3. The third-order valence-electron chi connectivity index (χ3n) is 3.13. The van der Waals surface area contributed by atoms with Crippen LogP contribution in [-0.4, -0.2) is 22.2 Å². The van der Waals surface area contributed by atoms with Crippen LogP contribution < -0.4 is 5.32 Å². The number of pyridine rings is 1. The first kappa shape index (κ1) is 10.6. The molecule has 0 spiro atoms. The van der Waals surface area contributed by atoms with Crippen molar-refractivity contribution in [3.05, 3.63) is 30.1 Å². The highest BCUT2D eigenvalue weighted by molar-refractivity contribution is 5.13. The van der Waals surface area contributed by atoms with Gasteiger partial charge >= 0.3 is 0 Å². The van der Waals surface area contributed by atoms with E-state index >= 15 is 0 Å². The molecule has 3 heteroatoms. The summed E-state index contributed by atoms with van der Waals surface area (Å²) in [4.78, 5) is 4.10. The van der Waals surface area contributed by atoms with E-state index in [2.05, 4.69) is 23.3 Å². The standard InChI is InChI=1S/C12H18N2O/c1-9(10-4-3-7-13-8-10)14-11-5-2-6-12(11)15/h3-4,7-9,11-12,14-15H,2,5-6H2,1H3/t9-,11?,12?/m1/s1. The Kier molecular flexibility index (Phi) is 3.34. The molecule has 1 aliphatic carbocycles. The maximum absolute atomic E-state index is 9.71. The zero-order valence-electron chi connectivity index (χ0n) is 9.06. The number of nitrogens with one attached hydrogen (secondary N) is 1. The second-order valence-corrected chi connectivity index (χ2v) is 4.28. The molecule has 1 aromatic rings. The number of aromatic nitrogens is 1. The van der Waals surface area contributed by atoms with Crippen LogP contribution in [0.1, 0.15) is 37.8 Å². The number of aliphatic hydroxyl groups excluding tert-OH is 1. The van der Waals surface area contributed by atoms with Gasteiger partial charge in [0.15, 0.2) is 0 Å². The van der Waals surface area contributed by atoms with Gasteiger partial charge in [-0.05, 0) is 37.8 Å². The van der Waals surface area contributed by atoms with Gasteiger partial charge in [0.1, 0.15) is 0 Å². The zero-order valence-corrected chi connectivity index (χ0v) is 9.06. The minimum atomic E-state index is -0.177. The van der Waals surface area contributed by atoms with E-state index < -0.39 is 0 Å². The summed E-state index contributed by atoms with van der Waals surface area (Å²) in [5.74, 6) is 0. The SMILES string of the molecule is C[C@@H](NC1CCCC1O)c1cccnc1. The molecule has 0 amide bonds. The molecule has 2 N–H and O–H groups in total. The van der Waals surface area contributed by atoms with Gasteiger partial charge in [0, 0.05) is 24.5 Å². The van der Waals surface area contributed by atoms with Crippen LogP contribution >= 0.6 is 0 Å². The van der Waals surface area contributed by atoms with Crippen molar-refractivity contribution in [2.75, 3.05) is 0 Å². The Morgan fingerprint density at radius 1 is 1.53 bits per heavy atom. The first-order chi connectivity index (χ1) is 7.27. The lowest BCUT2D eigenvalue weighted by Crippen LogP contribution is -2.37. The van der Waals surface area contributed by atoms with Gasteiger partial charge in [0.05, 0.1) is 6.10 Å². The summed E-state index contributed by atoms with van der Waals surface area (Å²) in [5.41, 5.74) is 1.18. The first-order valence-electron chi connectivity index (χ1n) is 5.61. The lowest BCUT2D eigenvalue weighted by Gasteiger charge is -2.22. The van der Waals surface area contributed by atoms with Crippen LogP contribution in [0, 0.1) is 0 Å². The summed E-state index contributed by atoms with van der Waals surface area (Å²) in [5, 5.41) is 13.2. The van der Waals surface area contributed by atoms with Crippen molar-refractivity contribution < 1.29 is 5.11 Å². The van der Waals surface area contributed by atoms with Gasteiger partial charge in [-0.25, -0.2) is 0 Å². The summed E-state index contributed by atoms with van der Waals surface area (Å²) in [7, 11) is 0. The molecule has 0 bridgehead atoms. The molecule has 0 radical (unpaired) electrons. The van der Waals surface area contributed by atoms with Crippen LogP contribution in [0.15, 0.2) is 24.5 Å². The first-order valence-corrected chi connectivity index (χ1v) is 5.61. The Hall–Kier alpha value is -0.930. The number of hydrogen-bond donors (Lipinski definition) is 2. The summed E-state index contributed by atoms with van der Waals surface area (Å²) < 4.78 is 0. The van der Waals surface area contributed by atoms with Gasteiger partial charge in [0.2, 0.25) is 0 Å². The van der Waals surface area contributed by atoms with Crippen molar-refractivity contribution in [3.8, 4) is 0 Å². The van der Waals surface area contributed by atoms with E-state index in [4.69, 9.17) is 0 Å². The largest absolute Gasteiger partial charge is 0.392 e. The lowest BCUT2D eigenvalue weighted by atomic mass is 10.1. The summed E-state index contributed by atoms with van der Waals surface area (Å²) in [6.07, 6.45) is 6.60. The van der Waals surface area contributed by atoms with E-state index in [1.807, 2.05) is 12.3 Å². The fourth-order valence-electron chi connectivity index (χ4n) is 2.18. The Bertz CT molecular complexity index is 302. The number of aliphatic hydroxyl groups is 1. The summed E-state index contributed by atoms with van der Waals surface area (Å²) in [6, 6.07) is 4.52. The van der Waals surface area contributed by atoms with E-state index in [-0.39, 0.29) is 18.2 Å². The van der Waals surface area contributed by atoms with Crippen molar-refractivity contribution in [3.63, 3.8) is 0 Å². The van der Waals surface area contributed by atoms with Crippen LogP contribution in [0.5, 0.6) is 0 Å². The molecular weight excluding hydrogens is 188 g/mol. The fourth-order valence-corrected chi connectivity index (χ4v) is 2.18. The highest BCUT2D eigenvalue weighted by Crippen LogP contribution is 2.22. The molecular formula is C12H18N2O. The third-order valence-corrected chi connectivity index (χ3v) is 3.13. The van der Waals surface area contributed by atoms with E-state index in [1.54, 1.807) is 6.20 Å². The average molecular weight is 206 g/mol. The van der Waals surface area contributed by atoms with E-state index in [0.717, 1.165) is 19.3 Å². The van der Waals surface area contributed by atoms with Crippen LogP contribution in [0.4, 0.5) is 0 Å². The predicted octanol–water partition coefficient (Wildman–Crippen LogP) is 1.65. The summed E-state index contributed by atoms with van der Waals surface area (Å²) >= 11 is 0. The molecule has 1 fully saturated rings. The third kappa shape index (κ3) is 2.55. The smallest absolute Gasteiger partial charge is 0.0693 e. The normalized spacial score (nSPS) is 27.9. The number of rotatable bonds is 3. The van der Waals surface area contributed by atoms with E-state index in [9.17, 15) is 5.11 Å². The second kappa shape index (κ2) is 4.73. The molecule has 1 heterocycles. The predicted molar refractivity (Wildman–Crippen MR) is 59.4 cm³/mol. The molecule has 1 aliphatic rings. The minimum absolute atomic E-state index is 0.177. The lowest BCUT2D eigenvalue weighted by molar-refractivity contribution is 0.144. The topological polar surface area (TPSA) is 45.1 Å². The Balaban J connectivity index is 1.95. The van der Waals surface area contributed by atoms with Crippen molar-refractivity contribution >= 4 is 0 Å². The van der Waals surface area contributed by atoms with Gasteiger partial charge in [0.25, 0.3) is 0 Å². The maximum Gasteiger partial charge on any atom is 0.0693 e. The monoisotopic (exact) mass is 206 g/mol. The summed E-state index contributed by atoms with van der Waals surface area (Å²) in [6.45, 7) is 2.11. The van der Waals surface area contributed by atoms with Crippen molar-refractivity contribution in [1.82, 2.24) is 10.3 Å². The van der Waals surface area contributed by atoms with Gasteiger partial charge in [-0.15, -0.1) is 0 Å². The molecule has 0 saturated heterocycles. The zero-order chi connectivity index (χ0) is 10.7. The molecule has 3 atom stereocenters. The molecule has 1 aromatic heterocycles. The van der Waals surface area contributed by atoms with Gasteiger partial charge < -0.3 is 10.4 Å². The highest BCUT2D eigenvalue weighted by Gasteiger charge is 2.26. The van der Waals surface area contributed by atoms with Crippen LogP contribution in [-0.2, 0) is 0 Å². The number of nitrogens with zero attached hydrogens (tertiary/aromatic N) is 1. The van der Waals surface area contributed by atoms with E-state index in [1.165, 1.54) is 5.56 Å². The van der Waals surface area contributed by atoms with E-state index in [0.29, 0.717) is 0 Å². The van der Waals surface area contributed by atoms with Crippen molar-refractivity contribution in [1.29, 1.82) is 0 Å².